The summed E-state index contributed by atoms with van der Waals surface area (Å²) in [6, 6.07) is 6.14. The van der Waals surface area contributed by atoms with Crippen LogP contribution in [0.4, 0.5) is 0 Å². The Balaban J connectivity index is 2.56. The highest BCUT2D eigenvalue weighted by Crippen LogP contribution is 2.29. The van der Waals surface area contributed by atoms with Gasteiger partial charge in [-0.1, -0.05) is 26.0 Å². The van der Waals surface area contributed by atoms with Gasteiger partial charge in [-0.2, -0.15) is 0 Å². The average molecular weight is 330 g/mol. The molecule has 1 N–H and O–H groups in total. The smallest absolute Gasteiger partial charge is 0.137 e. The summed E-state index contributed by atoms with van der Waals surface area (Å²) < 4.78 is 12.0. The van der Waals surface area contributed by atoms with Crippen molar-refractivity contribution in [3.05, 3.63) is 28.2 Å². The van der Waals surface area contributed by atoms with Crippen molar-refractivity contribution >= 4 is 15.9 Å². The van der Waals surface area contributed by atoms with Gasteiger partial charge in [0, 0.05) is 25.8 Å². The molecule has 0 aliphatic rings. The molecule has 0 bridgehead atoms. The third-order valence-electron chi connectivity index (χ3n) is 2.79. The van der Waals surface area contributed by atoms with Gasteiger partial charge in [0.2, 0.25) is 0 Å². The molecule has 19 heavy (non-hydrogen) atoms. The third kappa shape index (κ3) is 6.41. The predicted molar refractivity (Wildman–Crippen MR) is 82.7 cm³/mol. The Hall–Kier alpha value is -0.580. The molecule has 0 amide bonds. The lowest BCUT2D eigenvalue weighted by Gasteiger charge is -2.14. The van der Waals surface area contributed by atoms with Crippen molar-refractivity contribution < 1.29 is 9.47 Å². The van der Waals surface area contributed by atoms with Gasteiger partial charge >= 0.3 is 0 Å². The van der Waals surface area contributed by atoms with Crippen LogP contribution in [-0.2, 0) is 11.3 Å². The molecule has 3 nitrogen and oxygen atoms in total. The number of ether oxygens (including phenoxy) is 2. The minimum absolute atomic E-state index is 0.658. The van der Waals surface area contributed by atoms with Crippen molar-refractivity contribution in [2.45, 2.75) is 26.8 Å². The molecule has 4 heteroatoms. The van der Waals surface area contributed by atoms with Gasteiger partial charge in [0.15, 0.2) is 0 Å². The van der Waals surface area contributed by atoms with Crippen LogP contribution in [0.5, 0.6) is 5.75 Å². The first-order valence-electron chi connectivity index (χ1n) is 6.75. The van der Waals surface area contributed by atoms with Crippen molar-refractivity contribution in [1.29, 1.82) is 0 Å². The second-order valence-corrected chi connectivity index (χ2v) is 5.78. The molecule has 1 rings (SSSR count). The molecule has 0 heterocycles. The van der Waals surface area contributed by atoms with Crippen LogP contribution in [0.15, 0.2) is 22.7 Å². The third-order valence-corrected chi connectivity index (χ3v) is 3.41. The van der Waals surface area contributed by atoms with Crippen LogP contribution in [0.25, 0.3) is 0 Å². The Bertz CT molecular complexity index is 369. The molecule has 0 aliphatic carbocycles. The van der Waals surface area contributed by atoms with E-state index in [1.807, 2.05) is 12.1 Å². The van der Waals surface area contributed by atoms with Gasteiger partial charge in [-0.05, 0) is 34.3 Å². The number of rotatable bonds is 9. The van der Waals surface area contributed by atoms with Gasteiger partial charge in [-0.3, -0.25) is 0 Å². The van der Waals surface area contributed by atoms with Crippen LogP contribution >= 0.6 is 15.9 Å². The normalized spacial score (nSPS) is 11.0. The first kappa shape index (κ1) is 16.5. The first-order valence-corrected chi connectivity index (χ1v) is 7.54. The second-order valence-electron chi connectivity index (χ2n) is 4.93. The lowest BCUT2D eigenvalue weighted by Crippen LogP contribution is -2.19. The number of methoxy groups -OCH3 is 1. The summed E-state index contributed by atoms with van der Waals surface area (Å²) in [5.41, 5.74) is 1.18. The molecule has 1 aromatic carbocycles. The van der Waals surface area contributed by atoms with E-state index in [1.165, 1.54) is 5.56 Å². The SMILES string of the molecule is COCCNCc1cccc(Br)c1OCCC(C)C. The van der Waals surface area contributed by atoms with E-state index in [0.717, 1.165) is 42.9 Å². The molecule has 0 saturated carbocycles. The van der Waals surface area contributed by atoms with Crippen molar-refractivity contribution in [3.8, 4) is 5.75 Å². The van der Waals surface area contributed by atoms with Crippen molar-refractivity contribution in [2.75, 3.05) is 26.9 Å². The summed E-state index contributed by atoms with van der Waals surface area (Å²) in [4.78, 5) is 0. The summed E-state index contributed by atoms with van der Waals surface area (Å²) in [5, 5.41) is 3.34. The summed E-state index contributed by atoms with van der Waals surface area (Å²) in [7, 11) is 1.71. The Labute approximate surface area is 124 Å². The van der Waals surface area contributed by atoms with Crippen LogP contribution in [0.3, 0.4) is 0 Å². The van der Waals surface area contributed by atoms with Gasteiger partial charge < -0.3 is 14.8 Å². The highest BCUT2D eigenvalue weighted by atomic mass is 79.9. The van der Waals surface area contributed by atoms with Crippen LogP contribution < -0.4 is 10.1 Å². The fourth-order valence-corrected chi connectivity index (χ4v) is 2.17. The minimum atomic E-state index is 0.658. The predicted octanol–water partition coefficient (Wildman–Crippen LogP) is 3.61. The number of benzene rings is 1. The maximum Gasteiger partial charge on any atom is 0.137 e. The molecule has 0 spiro atoms. The maximum atomic E-state index is 5.92. The summed E-state index contributed by atoms with van der Waals surface area (Å²) in [6.45, 7) is 7.52. The van der Waals surface area contributed by atoms with E-state index in [-0.39, 0.29) is 0 Å². The number of nitrogens with one attached hydrogen (secondary N) is 1. The number of hydrogen-bond acceptors (Lipinski definition) is 3. The molecule has 0 saturated heterocycles. The molecule has 108 valence electrons. The van der Waals surface area contributed by atoms with Gasteiger partial charge in [0.1, 0.15) is 5.75 Å². The number of hydrogen-bond donors (Lipinski definition) is 1. The van der Waals surface area contributed by atoms with Gasteiger partial charge in [-0.15, -0.1) is 0 Å². The number of halogens is 1. The van der Waals surface area contributed by atoms with E-state index in [2.05, 4.69) is 41.2 Å². The standard InChI is InChI=1S/C15H24BrNO2/c1-12(2)7-9-19-15-13(5-4-6-14(15)16)11-17-8-10-18-3/h4-6,12,17H,7-11H2,1-3H3. The van der Waals surface area contributed by atoms with Crippen molar-refractivity contribution in [1.82, 2.24) is 5.32 Å². The van der Waals surface area contributed by atoms with Crippen LogP contribution in [0.1, 0.15) is 25.8 Å². The lowest BCUT2D eigenvalue weighted by molar-refractivity contribution is 0.199. The minimum Gasteiger partial charge on any atom is -0.492 e. The Morgan fingerprint density at radius 1 is 1.26 bits per heavy atom. The zero-order valence-corrected chi connectivity index (χ0v) is 13.6. The fourth-order valence-electron chi connectivity index (χ4n) is 1.65. The van der Waals surface area contributed by atoms with Crippen LogP contribution in [0, 0.1) is 5.92 Å². The van der Waals surface area contributed by atoms with Crippen molar-refractivity contribution in [2.24, 2.45) is 5.92 Å². The molecule has 0 atom stereocenters. The molecule has 0 unspecified atom stereocenters. The summed E-state index contributed by atoms with van der Waals surface area (Å²) in [5.74, 6) is 1.61. The quantitative estimate of drug-likeness (QED) is 0.702. The van der Waals surface area contributed by atoms with Crippen molar-refractivity contribution in [3.63, 3.8) is 0 Å². The van der Waals surface area contributed by atoms with E-state index < -0.39 is 0 Å². The average Bonchev–Trinajstić information content (AvgIpc) is 2.37. The molecule has 0 radical (unpaired) electrons. The Kier molecular flexibility index (Phi) is 8.10. The van der Waals surface area contributed by atoms with Gasteiger partial charge in [0.05, 0.1) is 17.7 Å². The summed E-state index contributed by atoms with van der Waals surface area (Å²) in [6.07, 6.45) is 1.07. The molecular formula is C15H24BrNO2. The molecule has 1 aromatic rings. The van der Waals surface area contributed by atoms with E-state index in [9.17, 15) is 0 Å². The monoisotopic (exact) mass is 329 g/mol. The zero-order valence-electron chi connectivity index (χ0n) is 12.0. The van der Waals surface area contributed by atoms with E-state index >= 15 is 0 Å². The molecule has 0 aliphatic heterocycles. The fraction of sp³-hybridized carbons (Fsp3) is 0.600. The van der Waals surface area contributed by atoms with Gasteiger partial charge in [-0.25, -0.2) is 0 Å². The van der Waals surface area contributed by atoms with Crippen LogP contribution in [0.2, 0.25) is 0 Å². The largest absolute Gasteiger partial charge is 0.492 e. The van der Waals surface area contributed by atoms with E-state index in [4.69, 9.17) is 9.47 Å². The van der Waals surface area contributed by atoms with Gasteiger partial charge in [0.25, 0.3) is 0 Å². The second kappa shape index (κ2) is 9.34. The highest BCUT2D eigenvalue weighted by Gasteiger charge is 2.08. The lowest BCUT2D eigenvalue weighted by atomic mass is 10.1. The molecule has 0 fully saturated rings. The highest BCUT2D eigenvalue weighted by molar-refractivity contribution is 9.10. The molecular weight excluding hydrogens is 306 g/mol. The maximum absolute atomic E-state index is 5.92. The zero-order chi connectivity index (χ0) is 14.1. The first-order chi connectivity index (χ1) is 9.15. The Morgan fingerprint density at radius 2 is 2.05 bits per heavy atom. The summed E-state index contributed by atoms with van der Waals surface area (Å²) >= 11 is 3.56. The molecule has 0 aromatic heterocycles. The van der Waals surface area contributed by atoms with E-state index in [1.54, 1.807) is 7.11 Å². The topological polar surface area (TPSA) is 30.5 Å². The Morgan fingerprint density at radius 3 is 2.74 bits per heavy atom. The number of para-hydroxylation sites is 1. The van der Waals surface area contributed by atoms with E-state index in [0.29, 0.717) is 5.92 Å². The van der Waals surface area contributed by atoms with Crippen LogP contribution in [-0.4, -0.2) is 26.9 Å².